The van der Waals surface area contributed by atoms with Crippen LogP contribution in [0, 0.1) is 46.3 Å². The molecule has 4 aliphatic carbocycles. The van der Waals surface area contributed by atoms with Crippen molar-refractivity contribution in [2.45, 2.75) is 172 Å². The highest BCUT2D eigenvalue weighted by atomic mass is 16.8. The van der Waals surface area contributed by atoms with Gasteiger partial charge in [0, 0.05) is 26.6 Å². The molecule has 0 bridgehead atoms. The summed E-state index contributed by atoms with van der Waals surface area (Å²) in [6, 6.07) is 0. The van der Waals surface area contributed by atoms with Gasteiger partial charge in [-0.2, -0.15) is 0 Å². The zero-order chi connectivity index (χ0) is 37.9. The normalized spacial score (nSPS) is 51.9. The first-order chi connectivity index (χ1) is 24.5. The minimum atomic E-state index is -1.22. The number of fused-ring (bicyclic) bond motifs is 5. The summed E-state index contributed by atoms with van der Waals surface area (Å²) in [5, 5.41) is 78.2. The Labute approximate surface area is 309 Å². The second kappa shape index (κ2) is 15.8. The molecular formula is C39H68O13. The van der Waals surface area contributed by atoms with E-state index >= 15 is 0 Å². The van der Waals surface area contributed by atoms with Crippen LogP contribution in [-0.2, 0) is 28.4 Å². The van der Waals surface area contributed by atoms with Gasteiger partial charge in [0.15, 0.2) is 12.6 Å². The summed E-state index contributed by atoms with van der Waals surface area (Å²) in [5.74, 6) is -0.0251. The minimum absolute atomic E-state index is 0.0380. The Morgan fingerprint density at radius 2 is 1.54 bits per heavy atom. The van der Waals surface area contributed by atoms with E-state index in [4.69, 9.17) is 28.4 Å². The van der Waals surface area contributed by atoms with Crippen molar-refractivity contribution in [3.63, 3.8) is 0 Å². The molecule has 0 spiro atoms. The summed E-state index contributed by atoms with van der Waals surface area (Å²) in [6.07, 6.45) is -3.85. The van der Waals surface area contributed by atoms with Crippen molar-refractivity contribution >= 4 is 0 Å². The molecule has 302 valence electrons. The maximum Gasteiger partial charge on any atom is 0.187 e. The van der Waals surface area contributed by atoms with Crippen LogP contribution in [0.4, 0.5) is 0 Å². The Morgan fingerprint density at radius 1 is 0.827 bits per heavy atom. The number of hydrogen-bond donors (Lipinski definition) is 7. The topological polar surface area (TPSA) is 197 Å². The molecule has 6 rings (SSSR count). The molecule has 13 heteroatoms. The van der Waals surface area contributed by atoms with Gasteiger partial charge in [-0.1, -0.05) is 34.6 Å². The Morgan fingerprint density at radius 3 is 2.19 bits per heavy atom. The summed E-state index contributed by atoms with van der Waals surface area (Å²) in [7, 11) is 2.91. The zero-order valence-corrected chi connectivity index (χ0v) is 32.3. The Kier molecular flexibility index (Phi) is 12.5. The summed E-state index contributed by atoms with van der Waals surface area (Å²) < 4.78 is 35.4. The number of aliphatic hydroxyl groups excluding tert-OH is 6. The summed E-state index contributed by atoms with van der Waals surface area (Å²) in [6.45, 7) is 10.4. The quantitative estimate of drug-likeness (QED) is 0.153. The maximum atomic E-state index is 12.7. The Bertz CT molecular complexity index is 1190. The number of ether oxygens (including phenoxy) is 6. The molecular weight excluding hydrogens is 676 g/mol. The van der Waals surface area contributed by atoms with Gasteiger partial charge >= 0.3 is 0 Å². The first kappa shape index (κ1) is 41.1. The van der Waals surface area contributed by atoms with E-state index < -0.39 is 79.7 Å². The molecule has 2 aliphatic heterocycles. The van der Waals surface area contributed by atoms with Gasteiger partial charge in [0.1, 0.15) is 36.6 Å². The molecule has 52 heavy (non-hydrogen) atoms. The predicted octanol–water partition coefficient (Wildman–Crippen LogP) is 1.73. The van der Waals surface area contributed by atoms with Crippen LogP contribution >= 0.6 is 0 Å². The fourth-order valence-corrected chi connectivity index (χ4v) is 12.4. The van der Waals surface area contributed by atoms with Gasteiger partial charge < -0.3 is 64.2 Å². The van der Waals surface area contributed by atoms with Crippen molar-refractivity contribution in [1.82, 2.24) is 0 Å². The molecule has 20 atom stereocenters. The lowest BCUT2D eigenvalue weighted by Gasteiger charge is -2.66. The lowest BCUT2D eigenvalue weighted by molar-refractivity contribution is -0.313. The Balaban J connectivity index is 1.13. The average Bonchev–Trinajstić information content (AvgIpc) is 3.55. The molecule has 4 saturated carbocycles. The summed E-state index contributed by atoms with van der Waals surface area (Å²) >= 11 is 0. The van der Waals surface area contributed by atoms with Crippen LogP contribution in [0.5, 0.6) is 0 Å². The van der Waals surface area contributed by atoms with Crippen molar-refractivity contribution in [3.8, 4) is 0 Å². The fourth-order valence-electron chi connectivity index (χ4n) is 12.4. The molecule has 0 radical (unpaired) electrons. The van der Waals surface area contributed by atoms with Gasteiger partial charge in [0.25, 0.3) is 0 Å². The van der Waals surface area contributed by atoms with Crippen LogP contribution in [0.1, 0.15) is 92.4 Å². The van der Waals surface area contributed by atoms with Gasteiger partial charge in [-0.25, -0.2) is 0 Å². The monoisotopic (exact) mass is 744 g/mol. The van der Waals surface area contributed by atoms with Gasteiger partial charge in [-0.05, 0) is 91.8 Å². The lowest BCUT2D eigenvalue weighted by atomic mass is 9.42. The fraction of sp³-hybridized carbons (Fsp3) is 1.00. The van der Waals surface area contributed by atoms with E-state index in [1.54, 1.807) is 0 Å². The molecule has 0 aromatic carbocycles. The number of aliphatic hydroxyl groups is 7. The predicted molar refractivity (Wildman–Crippen MR) is 188 cm³/mol. The van der Waals surface area contributed by atoms with E-state index in [-0.39, 0.29) is 65.5 Å². The molecule has 0 aromatic heterocycles. The minimum Gasteiger partial charge on any atom is -0.394 e. The SMILES string of the molecule is CO[C@H]1[C@H](O[C@H]2[C@H](O[C@@H](CC[C@@H](C)[C@H]3C[C@H](O)C4[C@]5(O)C[C@@H](O)C6C[C@@H](O)CC[C@]6(C)C5CC[C@@]43C)C(C)C)O[C@@H](CO)[C@@H]2O)OC[C@@H](OC)[C@@H]1O. The van der Waals surface area contributed by atoms with Crippen LogP contribution in [0.2, 0.25) is 0 Å². The van der Waals surface area contributed by atoms with E-state index in [1.165, 1.54) is 14.2 Å². The van der Waals surface area contributed by atoms with Crippen molar-refractivity contribution in [3.05, 3.63) is 0 Å². The standard InChI is InChI=1S/C39H68O13/c1-19(2)26(50-36-33(30(44)27(17-40)51-36)52-35-32(48-7)31(45)28(47-6)18-49-35)9-8-20(3)22-15-24(42)34-38(22,5)13-11-29-37(4)12-10-21(41)14-23(37)25(43)16-39(29,34)46/h19-36,40-46H,8-18H2,1-7H3/t20-,21+,22-,23?,24+,25-,26+,27+,28-,29?,30+,31+,32-,33-,34?,35+,36-,37+,38-,39+/m1/s1. The second-order valence-corrected chi connectivity index (χ2v) is 18.2. The molecule has 6 fully saturated rings. The molecule has 2 saturated heterocycles. The first-order valence-corrected chi connectivity index (χ1v) is 19.9. The van der Waals surface area contributed by atoms with Gasteiger partial charge in [-0.15, -0.1) is 0 Å². The first-order valence-electron chi connectivity index (χ1n) is 19.9. The average molecular weight is 745 g/mol. The van der Waals surface area contributed by atoms with Crippen molar-refractivity contribution in [2.24, 2.45) is 46.3 Å². The van der Waals surface area contributed by atoms with Gasteiger partial charge in [0.05, 0.1) is 43.2 Å². The van der Waals surface area contributed by atoms with Gasteiger partial charge in [-0.3, -0.25) is 0 Å². The Hall–Kier alpha value is -0.520. The molecule has 13 nitrogen and oxygen atoms in total. The number of methoxy groups -OCH3 is 2. The lowest BCUT2D eigenvalue weighted by Crippen LogP contribution is -2.68. The molecule has 0 aromatic rings. The third-order valence-corrected chi connectivity index (χ3v) is 15.1. The number of hydrogen-bond acceptors (Lipinski definition) is 13. The van der Waals surface area contributed by atoms with Crippen LogP contribution in [0.25, 0.3) is 0 Å². The molecule has 6 aliphatic rings. The van der Waals surface area contributed by atoms with Crippen LogP contribution in [-0.4, -0.2) is 142 Å². The van der Waals surface area contributed by atoms with Crippen LogP contribution < -0.4 is 0 Å². The van der Waals surface area contributed by atoms with Crippen molar-refractivity contribution in [1.29, 1.82) is 0 Å². The third kappa shape index (κ3) is 7.05. The maximum absolute atomic E-state index is 12.7. The largest absolute Gasteiger partial charge is 0.394 e. The van der Waals surface area contributed by atoms with Gasteiger partial charge in [0.2, 0.25) is 0 Å². The van der Waals surface area contributed by atoms with Crippen molar-refractivity contribution < 1.29 is 64.2 Å². The molecule has 0 amide bonds. The van der Waals surface area contributed by atoms with E-state index in [0.717, 1.165) is 25.7 Å². The molecule has 7 N–H and O–H groups in total. The van der Waals surface area contributed by atoms with Crippen LogP contribution in [0.15, 0.2) is 0 Å². The second-order valence-electron chi connectivity index (χ2n) is 18.2. The van der Waals surface area contributed by atoms with E-state index in [0.29, 0.717) is 25.7 Å². The molecule has 3 unspecified atom stereocenters. The highest BCUT2D eigenvalue weighted by Crippen LogP contribution is 2.69. The smallest absolute Gasteiger partial charge is 0.187 e. The highest BCUT2D eigenvalue weighted by Gasteiger charge is 2.70. The summed E-state index contributed by atoms with van der Waals surface area (Å²) in [4.78, 5) is 0. The van der Waals surface area contributed by atoms with E-state index in [2.05, 4.69) is 34.6 Å². The number of rotatable bonds is 12. The third-order valence-electron chi connectivity index (χ3n) is 15.1. The zero-order valence-electron chi connectivity index (χ0n) is 32.3. The highest BCUT2D eigenvalue weighted by molar-refractivity contribution is 5.20. The van der Waals surface area contributed by atoms with E-state index in [9.17, 15) is 35.7 Å². The molecule has 2 heterocycles. The van der Waals surface area contributed by atoms with Crippen LogP contribution in [0.3, 0.4) is 0 Å². The van der Waals surface area contributed by atoms with E-state index in [1.807, 2.05) is 0 Å². The summed E-state index contributed by atoms with van der Waals surface area (Å²) in [5.41, 5.74) is -1.78. The van der Waals surface area contributed by atoms with Crippen molar-refractivity contribution in [2.75, 3.05) is 27.4 Å².